The van der Waals surface area contributed by atoms with E-state index in [0.29, 0.717) is 0 Å². The molecule has 5 heteroatoms. The first-order valence-corrected chi connectivity index (χ1v) is 6.55. The van der Waals surface area contributed by atoms with Gasteiger partial charge in [0.2, 0.25) is 0 Å². The highest BCUT2D eigenvalue weighted by molar-refractivity contribution is 7.17. The number of hydrogen-bond donors (Lipinski definition) is 0. The summed E-state index contributed by atoms with van der Waals surface area (Å²) >= 11 is 1.47. The van der Waals surface area contributed by atoms with Gasteiger partial charge in [0.05, 0.1) is 9.75 Å². The molecule has 0 amide bonds. The molecule has 0 saturated carbocycles. The molecule has 2 rings (SSSR count). The third kappa shape index (κ3) is 4.09. The molecule has 0 aromatic carbocycles. The maximum atomic E-state index is 10.5. The lowest BCUT2D eigenvalue weighted by atomic mass is 10.3. The van der Waals surface area contributed by atoms with Gasteiger partial charge >= 0.3 is 0 Å². The summed E-state index contributed by atoms with van der Waals surface area (Å²) < 4.78 is 6.18. The summed E-state index contributed by atoms with van der Waals surface area (Å²) in [5.74, 6) is 0. The molecule has 0 unspecified atom stereocenters. The Morgan fingerprint density at radius 1 is 1.39 bits per heavy atom. The number of nitrogens with zero attached hydrogens (tertiary/aromatic N) is 2. The fourth-order valence-corrected chi connectivity index (χ4v) is 2.19. The molecule has 4 nitrogen and oxygen atoms in total. The summed E-state index contributed by atoms with van der Waals surface area (Å²) in [5.41, 5.74) is 0.946. The van der Waals surface area contributed by atoms with Crippen molar-refractivity contribution in [1.82, 2.24) is 9.78 Å². The lowest BCUT2D eigenvalue weighted by Gasteiger charge is -1.95. The first kappa shape index (κ1) is 14.6. The molecule has 0 aliphatic carbocycles. The van der Waals surface area contributed by atoms with Gasteiger partial charge in [-0.15, -0.1) is 11.3 Å². The van der Waals surface area contributed by atoms with Crippen molar-refractivity contribution in [3.63, 3.8) is 0 Å². The van der Waals surface area contributed by atoms with Crippen LogP contribution in [0.1, 0.15) is 23.0 Å². The van der Waals surface area contributed by atoms with Gasteiger partial charge < -0.3 is 4.74 Å². The lowest BCUT2D eigenvalue weighted by molar-refractivity contribution is 0.112. The van der Waals surface area contributed by atoms with Crippen molar-refractivity contribution in [1.29, 1.82) is 0 Å². The third-order valence-electron chi connectivity index (χ3n) is 2.09. The summed E-state index contributed by atoms with van der Waals surface area (Å²) in [6, 6.07) is 5.74. The zero-order chi connectivity index (χ0) is 13.4. The van der Waals surface area contributed by atoms with Crippen molar-refractivity contribution < 1.29 is 9.53 Å². The molecule has 0 radical (unpaired) electrons. The van der Waals surface area contributed by atoms with Crippen LogP contribution >= 0.6 is 11.3 Å². The van der Waals surface area contributed by atoms with E-state index < -0.39 is 0 Å². The molecule has 2 aromatic heterocycles. The molecule has 0 saturated heterocycles. The highest BCUT2D eigenvalue weighted by atomic mass is 32.1. The van der Waals surface area contributed by atoms with Crippen LogP contribution in [0.15, 0.2) is 24.4 Å². The summed E-state index contributed by atoms with van der Waals surface area (Å²) in [7, 11) is 3.25. The van der Waals surface area contributed by atoms with Crippen LogP contribution in [0.2, 0.25) is 0 Å². The normalized spacial score (nSPS) is 9.72. The van der Waals surface area contributed by atoms with Gasteiger partial charge in [0.15, 0.2) is 6.29 Å². The molecular formula is C13H18N2O2S. The Hall–Kier alpha value is -1.46. The number of rotatable bonds is 4. The number of ether oxygens (including phenoxy) is 1. The second-order valence-electron chi connectivity index (χ2n) is 3.69. The van der Waals surface area contributed by atoms with E-state index in [1.54, 1.807) is 14.2 Å². The van der Waals surface area contributed by atoms with Crippen molar-refractivity contribution in [2.75, 3.05) is 14.2 Å². The van der Waals surface area contributed by atoms with Gasteiger partial charge in [-0.1, -0.05) is 6.92 Å². The van der Waals surface area contributed by atoms with Gasteiger partial charge in [-0.25, -0.2) is 0 Å². The molecule has 0 fully saturated rings. The molecule has 0 bridgehead atoms. The molecule has 0 aliphatic rings. The highest BCUT2D eigenvalue weighted by Gasteiger charge is 2.05. The Morgan fingerprint density at radius 3 is 2.67 bits per heavy atom. The number of carbonyl (C=O) groups excluding carboxylic acids is 1. The largest absolute Gasteiger partial charge is 0.388 e. The fraction of sp³-hybridized carbons (Fsp3) is 0.385. The summed E-state index contributed by atoms with van der Waals surface area (Å²) in [5, 5.41) is 4.43. The van der Waals surface area contributed by atoms with Crippen LogP contribution in [0, 0.1) is 0 Å². The predicted octanol–water partition coefficient (Wildman–Crippen LogP) is 3.10. The van der Waals surface area contributed by atoms with Crippen molar-refractivity contribution in [3.05, 3.63) is 29.3 Å². The minimum Gasteiger partial charge on any atom is -0.388 e. The molecular weight excluding hydrogens is 248 g/mol. The molecule has 0 aliphatic heterocycles. The smallest absolute Gasteiger partial charge is 0.160 e. The van der Waals surface area contributed by atoms with Crippen LogP contribution in [-0.2, 0) is 11.3 Å². The van der Waals surface area contributed by atoms with Crippen LogP contribution in [-0.4, -0.2) is 30.3 Å². The molecule has 2 heterocycles. The maximum Gasteiger partial charge on any atom is 0.160 e. The standard InChI is InChI=1S/C11H12N2OS.C2H6O/c1-2-6-13-7-5-10(12-13)11-4-3-9(8-14)15-11;1-3-2/h3-5,7-8H,2,6H2,1H3;1-2H3. The van der Waals surface area contributed by atoms with Gasteiger partial charge in [0.25, 0.3) is 0 Å². The van der Waals surface area contributed by atoms with Crippen LogP contribution in [0.4, 0.5) is 0 Å². The quantitative estimate of drug-likeness (QED) is 0.799. The molecule has 0 spiro atoms. The first-order valence-electron chi connectivity index (χ1n) is 5.74. The Morgan fingerprint density at radius 2 is 2.11 bits per heavy atom. The fourth-order valence-electron chi connectivity index (χ4n) is 1.40. The number of aromatic nitrogens is 2. The Labute approximate surface area is 111 Å². The van der Waals surface area contributed by atoms with Gasteiger partial charge in [0.1, 0.15) is 5.69 Å². The number of hydrogen-bond acceptors (Lipinski definition) is 4. The Kier molecular flexibility index (Phi) is 6.32. The zero-order valence-electron chi connectivity index (χ0n) is 10.9. The predicted molar refractivity (Wildman–Crippen MR) is 74.2 cm³/mol. The molecule has 98 valence electrons. The number of aldehydes is 1. The average Bonchev–Trinajstić information content (AvgIpc) is 2.98. The highest BCUT2D eigenvalue weighted by Crippen LogP contribution is 2.25. The number of aryl methyl sites for hydroxylation is 1. The topological polar surface area (TPSA) is 44.1 Å². The summed E-state index contributed by atoms with van der Waals surface area (Å²) in [6.07, 6.45) is 3.92. The minimum absolute atomic E-state index is 0.745. The zero-order valence-corrected chi connectivity index (χ0v) is 11.7. The Bertz CT molecular complexity index is 477. The van der Waals surface area contributed by atoms with E-state index in [4.69, 9.17) is 0 Å². The number of thiophene rings is 1. The van der Waals surface area contributed by atoms with E-state index in [1.165, 1.54) is 11.3 Å². The average molecular weight is 266 g/mol. The third-order valence-corrected chi connectivity index (χ3v) is 3.12. The molecule has 2 aromatic rings. The molecule has 0 atom stereocenters. The van der Waals surface area contributed by atoms with Crippen LogP contribution in [0.25, 0.3) is 10.6 Å². The first-order chi connectivity index (χ1) is 8.74. The SMILES string of the molecule is CCCn1ccc(-c2ccc(C=O)s2)n1.COC. The van der Waals surface area contributed by atoms with Crippen LogP contribution < -0.4 is 0 Å². The van der Waals surface area contributed by atoms with E-state index in [0.717, 1.165) is 34.7 Å². The van der Waals surface area contributed by atoms with Gasteiger partial charge in [0, 0.05) is 27.0 Å². The summed E-state index contributed by atoms with van der Waals surface area (Å²) in [4.78, 5) is 12.3. The van der Waals surface area contributed by atoms with Crippen LogP contribution in [0.5, 0.6) is 0 Å². The van der Waals surface area contributed by atoms with E-state index in [-0.39, 0.29) is 0 Å². The number of carbonyl (C=O) groups is 1. The minimum atomic E-state index is 0.745. The monoisotopic (exact) mass is 266 g/mol. The van der Waals surface area contributed by atoms with Crippen molar-refractivity contribution in [3.8, 4) is 10.6 Å². The van der Waals surface area contributed by atoms with Crippen molar-refractivity contribution in [2.45, 2.75) is 19.9 Å². The molecule has 18 heavy (non-hydrogen) atoms. The second-order valence-corrected chi connectivity index (χ2v) is 4.81. The van der Waals surface area contributed by atoms with Crippen molar-refractivity contribution in [2.24, 2.45) is 0 Å². The maximum absolute atomic E-state index is 10.5. The Balaban J connectivity index is 0.000000492. The van der Waals surface area contributed by atoms with E-state index in [9.17, 15) is 4.79 Å². The lowest BCUT2D eigenvalue weighted by Crippen LogP contribution is -1.96. The van der Waals surface area contributed by atoms with Crippen molar-refractivity contribution >= 4 is 17.6 Å². The second kappa shape index (κ2) is 7.79. The molecule has 0 N–H and O–H groups in total. The van der Waals surface area contributed by atoms with Crippen LogP contribution in [0.3, 0.4) is 0 Å². The van der Waals surface area contributed by atoms with Gasteiger partial charge in [-0.2, -0.15) is 5.10 Å². The van der Waals surface area contributed by atoms with Gasteiger partial charge in [-0.05, 0) is 24.6 Å². The number of methoxy groups -OCH3 is 1. The van der Waals surface area contributed by atoms with E-state index >= 15 is 0 Å². The summed E-state index contributed by atoms with van der Waals surface area (Å²) in [6.45, 7) is 3.06. The van der Waals surface area contributed by atoms with E-state index in [2.05, 4.69) is 16.8 Å². The van der Waals surface area contributed by atoms with Gasteiger partial charge in [-0.3, -0.25) is 9.48 Å². The van der Waals surface area contributed by atoms with E-state index in [1.807, 2.05) is 29.1 Å².